The van der Waals surface area contributed by atoms with E-state index in [9.17, 15) is 0 Å². The lowest BCUT2D eigenvalue weighted by atomic mass is 10.1. The zero-order chi connectivity index (χ0) is 9.80. The van der Waals surface area contributed by atoms with E-state index in [4.69, 9.17) is 0 Å². The second kappa shape index (κ2) is 4.94. The molecule has 0 aromatic heterocycles. The molecule has 0 spiro atoms. The molecule has 2 heterocycles. The van der Waals surface area contributed by atoms with Gasteiger partial charge in [0.15, 0.2) is 0 Å². The van der Waals surface area contributed by atoms with E-state index < -0.39 is 0 Å². The zero-order valence-electron chi connectivity index (χ0n) is 9.21. The van der Waals surface area contributed by atoms with Crippen LogP contribution in [0.3, 0.4) is 0 Å². The van der Waals surface area contributed by atoms with Gasteiger partial charge in [-0.1, -0.05) is 12.2 Å². The number of hydrogen-bond acceptors (Lipinski definition) is 2. The maximum atomic E-state index is 3.54. The second-order valence-corrected chi connectivity index (χ2v) is 4.47. The molecule has 0 radical (unpaired) electrons. The number of nitrogens with one attached hydrogen (secondary N) is 1. The molecule has 2 heteroatoms. The molecule has 2 aliphatic rings. The largest absolute Gasteiger partial charge is 0.315 e. The van der Waals surface area contributed by atoms with Gasteiger partial charge >= 0.3 is 0 Å². The molecule has 2 nitrogen and oxygen atoms in total. The van der Waals surface area contributed by atoms with Crippen LogP contribution in [0.1, 0.15) is 32.6 Å². The number of nitrogens with zero attached hydrogens (tertiary/aromatic N) is 1. The minimum Gasteiger partial charge on any atom is -0.315 e. The summed E-state index contributed by atoms with van der Waals surface area (Å²) in [6, 6.07) is 1.70. The first-order chi connectivity index (χ1) is 6.92. The van der Waals surface area contributed by atoms with Crippen molar-refractivity contribution >= 4 is 0 Å². The van der Waals surface area contributed by atoms with Gasteiger partial charge in [0.05, 0.1) is 0 Å². The lowest BCUT2D eigenvalue weighted by Gasteiger charge is -2.26. The Morgan fingerprint density at radius 2 is 2.14 bits per heavy atom. The highest BCUT2D eigenvalue weighted by atomic mass is 15.2. The molecule has 2 atom stereocenters. The van der Waals surface area contributed by atoms with E-state index in [-0.39, 0.29) is 0 Å². The monoisotopic (exact) mass is 194 g/mol. The van der Waals surface area contributed by atoms with Gasteiger partial charge in [-0.15, -0.1) is 0 Å². The highest BCUT2D eigenvalue weighted by molar-refractivity contribution is 4.93. The molecule has 2 fully saturated rings. The van der Waals surface area contributed by atoms with Gasteiger partial charge in [-0.25, -0.2) is 0 Å². The molecule has 0 saturated carbocycles. The summed E-state index contributed by atoms with van der Waals surface area (Å²) >= 11 is 0. The van der Waals surface area contributed by atoms with E-state index in [1.54, 1.807) is 0 Å². The van der Waals surface area contributed by atoms with Crippen LogP contribution in [0.25, 0.3) is 0 Å². The Bertz CT molecular complexity index is 186. The first kappa shape index (κ1) is 10.2. The van der Waals surface area contributed by atoms with E-state index in [2.05, 4.69) is 29.3 Å². The van der Waals surface area contributed by atoms with Gasteiger partial charge in [-0.2, -0.15) is 0 Å². The molecule has 2 rings (SSSR count). The first-order valence-electron chi connectivity index (χ1n) is 5.99. The molecule has 14 heavy (non-hydrogen) atoms. The van der Waals surface area contributed by atoms with Gasteiger partial charge in [-0.05, 0) is 39.2 Å². The minimum absolute atomic E-state index is 0.827. The maximum absolute atomic E-state index is 3.54. The summed E-state index contributed by atoms with van der Waals surface area (Å²) in [5.41, 5.74) is 0. The van der Waals surface area contributed by atoms with Crippen molar-refractivity contribution in [3.63, 3.8) is 0 Å². The predicted octanol–water partition coefficient (Wildman–Crippen LogP) is 1.78. The molecular weight excluding hydrogens is 172 g/mol. The average molecular weight is 194 g/mol. The van der Waals surface area contributed by atoms with Crippen molar-refractivity contribution in [1.29, 1.82) is 0 Å². The molecule has 2 bridgehead atoms. The van der Waals surface area contributed by atoms with E-state index >= 15 is 0 Å². The normalized spacial score (nSPS) is 33.8. The molecule has 1 N–H and O–H groups in total. The third-order valence-electron chi connectivity index (χ3n) is 3.60. The van der Waals surface area contributed by atoms with Crippen molar-refractivity contribution in [2.24, 2.45) is 0 Å². The average Bonchev–Trinajstić information content (AvgIpc) is 2.41. The van der Waals surface area contributed by atoms with Gasteiger partial charge in [0, 0.05) is 25.2 Å². The number of fused-ring (bicyclic) bond motifs is 2. The van der Waals surface area contributed by atoms with Crippen LogP contribution < -0.4 is 5.32 Å². The van der Waals surface area contributed by atoms with Gasteiger partial charge in [0.2, 0.25) is 0 Å². The summed E-state index contributed by atoms with van der Waals surface area (Å²) in [5, 5.41) is 3.54. The molecule has 2 saturated heterocycles. The quantitative estimate of drug-likeness (QED) is 0.689. The summed E-state index contributed by atoms with van der Waals surface area (Å²) in [4.78, 5) is 2.74. The molecule has 2 unspecified atom stereocenters. The Morgan fingerprint density at radius 1 is 1.29 bits per heavy atom. The van der Waals surface area contributed by atoms with Crippen molar-refractivity contribution in [3.8, 4) is 0 Å². The molecule has 0 aromatic carbocycles. The molecule has 0 amide bonds. The SMILES string of the molecule is C/C=C/CCN1C2CCNCC1CC2. The van der Waals surface area contributed by atoms with Crippen molar-refractivity contribution in [2.45, 2.75) is 44.7 Å². The van der Waals surface area contributed by atoms with Crippen LogP contribution in [-0.2, 0) is 0 Å². The number of hydrogen-bond donors (Lipinski definition) is 1. The Morgan fingerprint density at radius 3 is 3.00 bits per heavy atom. The van der Waals surface area contributed by atoms with Crippen LogP contribution in [0.2, 0.25) is 0 Å². The number of rotatable bonds is 3. The smallest absolute Gasteiger partial charge is 0.0224 e. The Labute approximate surface area is 87.4 Å². The third kappa shape index (κ3) is 2.18. The van der Waals surface area contributed by atoms with Crippen LogP contribution in [-0.4, -0.2) is 36.6 Å². The molecule has 80 valence electrons. The van der Waals surface area contributed by atoms with Gasteiger partial charge in [0.1, 0.15) is 0 Å². The van der Waals surface area contributed by atoms with Crippen molar-refractivity contribution in [3.05, 3.63) is 12.2 Å². The minimum atomic E-state index is 0.827. The third-order valence-corrected chi connectivity index (χ3v) is 3.60. The molecule has 0 aliphatic carbocycles. The van der Waals surface area contributed by atoms with Crippen LogP contribution in [0.5, 0.6) is 0 Å². The van der Waals surface area contributed by atoms with Crippen molar-refractivity contribution in [1.82, 2.24) is 10.2 Å². The van der Waals surface area contributed by atoms with Crippen molar-refractivity contribution < 1.29 is 0 Å². The highest BCUT2D eigenvalue weighted by Gasteiger charge is 2.33. The lowest BCUT2D eigenvalue weighted by Crippen LogP contribution is -2.38. The van der Waals surface area contributed by atoms with E-state index in [1.807, 2.05) is 0 Å². The Hall–Kier alpha value is -0.340. The van der Waals surface area contributed by atoms with Gasteiger partial charge in [0.25, 0.3) is 0 Å². The number of allylic oxidation sites excluding steroid dienone is 1. The van der Waals surface area contributed by atoms with Crippen LogP contribution in [0.4, 0.5) is 0 Å². The van der Waals surface area contributed by atoms with E-state index in [0.29, 0.717) is 0 Å². The van der Waals surface area contributed by atoms with Crippen LogP contribution in [0.15, 0.2) is 12.2 Å². The fourth-order valence-electron chi connectivity index (χ4n) is 2.84. The predicted molar refractivity (Wildman–Crippen MR) is 60.4 cm³/mol. The highest BCUT2D eigenvalue weighted by Crippen LogP contribution is 2.27. The second-order valence-electron chi connectivity index (χ2n) is 4.47. The van der Waals surface area contributed by atoms with Crippen molar-refractivity contribution in [2.75, 3.05) is 19.6 Å². The van der Waals surface area contributed by atoms with Crippen LogP contribution >= 0.6 is 0 Å². The molecular formula is C12H22N2. The first-order valence-corrected chi connectivity index (χ1v) is 5.99. The van der Waals surface area contributed by atoms with Gasteiger partial charge < -0.3 is 5.32 Å². The summed E-state index contributed by atoms with van der Waals surface area (Å²) in [5.74, 6) is 0. The topological polar surface area (TPSA) is 15.3 Å². The lowest BCUT2D eigenvalue weighted by molar-refractivity contribution is 0.206. The summed E-state index contributed by atoms with van der Waals surface area (Å²) < 4.78 is 0. The van der Waals surface area contributed by atoms with E-state index in [0.717, 1.165) is 12.1 Å². The van der Waals surface area contributed by atoms with E-state index in [1.165, 1.54) is 45.3 Å². The maximum Gasteiger partial charge on any atom is 0.0224 e. The fourth-order valence-corrected chi connectivity index (χ4v) is 2.84. The molecule has 2 aliphatic heterocycles. The Kier molecular flexibility index (Phi) is 3.60. The summed E-state index contributed by atoms with van der Waals surface area (Å²) in [6.07, 6.45) is 9.88. The molecule has 0 aromatic rings. The standard InChI is InChI=1S/C12H22N2/c1-2-3-4-9-14-11-5-6-12(14)10-13-8-7-11/h2-3,11-13H,4-10H2,1H3/b3-2+. The Balaban J connectivity index is 1.88. The fraction of sp³-hybridized carbons (Fsp3) is 0.833. The summed E-state index contributed by atoms with van der Waals surface area (Å²) in [6.45, 7) is 5.81. The summed E-state index contributed by atoms with van der Waals surface area (Å²) in [7, 11) is 0. The van der Waals surface area contributed by atoms with Gasteiger partial charge in [-0.3, -0.25) is 4.90 Å². The van der Waals surface area contributed by atoms with Crippen LogP contribution in [0, 0.1) is 0 Å². The zero-order valence-corrected chi connectivity index (χ0v) is 9.21.